The molecule has 0 radical (unpaired) electrons. The zero-order valence-electron chi connectivity index (χ0n) is 18.9. The number of ether oxygens (including phenoxy) is 3. The molecule has 2 amide bonds. The zero-order valence-corrected chi connectivity index (χ0v) is 18.9. The van der Waals surface area contributed by atoms with Gasteiger partial charge in [-0.1, -0.05) is 12.1 Å². The highest BCUT2D eigenvalue weighted by molar-refractivity contribution is 6.10. The lowest BCUT2D eigenvalue weighted by Gasteiger charge is -2.14. The maximum Gasteiger partial charge on any atom is 0.259 e. The monoisotopic (exact) mass is 470 g/mol. The first kappa shape index (κ1) is 24.5. The largest absolute Gasteiger partial charge is 0.496 e. The highest BCUT2D eigenvalue weighted by Gasteiger charge is 2.20. The lowest BCUT2D eigenvalue weighted by molar-refractivity contribution is 0.102. The number of rotatable bonds is 9. The van der Waals surface area contributed by atoms with Gasteiger partial charge in [-0.15, -0.1) is 0 Å². The van der Waals surface area contributed by atoms with Gasteiger partial charge < -0.3 is 24.8 Å². The molecule has 3 aromatic carbocycles. The number of amides is 2. The van der Waals surface area contributed by atoms with E-state index in [9.17, 15) is 18.4 Å². The summed E-state index contributed by atoms with van der Waals surface area (Å²) in [6, 6.07) is 12.9. The van der Waals surface area contributed by atoms with Crippen molar-refractivity contribution in [3.05, 3.63) is 77.4 Å². The fourth-order valence-electron chi connectivity index (χ4n) is 3.16. The molecular weight excluding hydrogens is 446 g/mol. The molecule has 178 valence electrons. The SMILES string of the molecule is CCOc1cccc(NC(=O)c2ccc(OC)c(C(=O)Nc3cccc(OCC)c3F)c2)c1F. The highest BCUT2D eigenvalue weighted by atomic mass is 19.1. The molecule has 0 aromatic heterocycles. The van der Waals surface area contributed by atoms with Crippen molar-refractivity contribution in [1.82, 2.24) is 0 Å². The standard InChI is InChI=1S/C25H24F2N2O5/c1-4-33-20-10-6-8-17(22(20)26)28-24(30)15-12-13-19(32-3)16(14-15)25(31)29-18-9-7-11-21(23(18)27)34-5-2/h6-14H,4-5H2,1-3H3,(H,28,30)(H,29,31). The van der Waals surface area contributed by atoms with E-state index in [0.717, 1.165) is 0 Å². The Kier molecular flexibility index (Phi) is 8.02. The minimum absolute atomic E-state index is 0.00305. The van der Waals surface area contributed by atoms with Crippen LogP contribution in [0.5, 0.6) is 17.2 Å². The average molecular weight is 470 g/mol. The van der Waals surface area contributed by atoms with E-state index in [0.29, 0.717) is 0 Å². The Morgan fingerprint density at radius 3 is 1.79 bits per heavy atom. The molecule has 34 heavy (non-hydrogen) atoms. The molecule has 0 bridgehead atoms. The second kappa shape index (κ2) is 11.1. The third-order valence-corrected chi connectivity index (χ3v) is 4.73. The van der Waals surface area contributed by atoms with E-state index in [1.165, 1.54) is 55.6 Å². The van der Waals surface area contributed by atoms with E-state index in [1.54, 1.807) is 19.9 Å². The minimum Gasteiger partial charge on any atom is -0.496 e. The van der Waals surface area contributed by atoms with Crippen molar-refractivity contribution in [2.24, 2.45) is 0 Å². The predicted molar refractivity (Wildman–Crippen MR) is 124 cm³/mol. The Bertz CT molecular complexity index is 1200. The summed E-state index contributed by atoms with van der Waals surface area (Å²) in [5.41, 5.74) is -0.120. The minimum atomic E-state index is -0.727. The lowest BCUT2D eigenvalue weighted by Crippen LogP contribution is -2.18. The van der Waals surface area contributed by atoms with Gasteiger partial charge in [-0.05, 0) is 56.3 Å². The third kappa shape index (κ3) is 5.43. The summed E-state index contributed by atoms with van der Waals surface area (Å²) in [5.74, 6) is -2.63. The Balaban J connectivity index is 1.86. The van der Waals surface area contributed by atoms with Crippen LogP contribution in [-0.2, 0) is 0 Å². The van der Waals surface area contributed by atoms with Crippen LogP contribution in [0.2, 0.25) is 0 Å². The van der Waals surface area contributed by atoms with Gasteiger partial charge >= 0.3 is 0 Å². The van der Waals surface area contributed by atoms with Crippen LogP contribution >= 0.6 is 0 Å². The quantitative estimate of drug-likeness (QED) is 0.445. The second-order valence-electron chi connectivity index (χ2n) is 6.92. The van der Waals surface area contributed by atoms with Gasteiger partial charge in [0, 0.05) is 5.56 Å². The van der Waals surface area contributed by atoms with Gasteiger partial charge in [0.05, 0.1) is 37.3 Å². The molecule has 0 spiro atoms. The summed E-state index contributed by atoms with van der Waals surface area (Å²) in [6.45, 7) is 3.95. The van der Waals surface area contributed by atoms with Crippen molar-refractivity contribution < 1.29 is 32.6 Å². The predicted octanol–water partition coefficient (Wildman–Crippen LogP) is 5.28. The third-order valence-electron chi connectivity index (χ3n) is 4.73. The Labute approximate surface area is 195 Å². The first-order chi connectivity index (χ1) is 16.4. The van der Waals surface area contributed by atoms with Crippen molar-refractivity contribution in [2.45, 2.75) is 13.8 Å². The number of methoxy groups -OCH3 is 1. The molecule has 0 unspecified atom stereocenters. The Hall–Kier alpha value is -4.14. The highest BCUT2D eigenvalue weighted by Crippen LogP contribution is 2.28. The van der Waals surface area contributed by atoms with Gasteiger partial charge in [0.2, 0.25) is 0 Å². The number of benzene rings is 3. The first-order valence-corrected chi connectivity index (χ1v) is 10.5. The van der Waals surface area contributed by atoms with Crippen LogP contribution in [0, 0.1) is 11.6 Å². The lowest BCUT2D eigenvalue weighted by atomic mass is 10.1. The number of nitrogens with one attached hydrogen (secondary N) is 2. The van der Waals surface area contributed by atoms with E-state index < -0.39 is 23.4 Å². The molecule has 0 saturated carbocycles. The second-order valence-corrected chi connectivity index (χ2v) is 6.92. The summed E-state index contributed by atoms with van der Waals surface area (Å²) in [4.78, 5) is 25.7. The summed E-state index contributed by atoms with van der Waals surface area (Å²) in [6.07, 6.45) is 0. The van der Waals surface area contributed by atoms with Crippen molar-refractivity contribution >= 4 is 23.2 Å². The van der Waals surface area contributed by atoms with Crippen molar-refractivity contribution in [2.75, 3.05) is 31.0 Å². The Morgan fingerprint density at radius 1 is 0.765 bits per heavy atom. The summed E-state index contributed by atoms with van der Waals surface area (Å²) >= 11 is 0. The van der Waals surface area contributed by atoms with Crippen LogP contribution in [-0.4, -0.2) is 32.1 Å². The first-order valence-electron chi connectivity index (χ1n) is 10.5. The molecule has 7 nitrogen and oxygen atoms in total. The van der Waals surface area contributed by atoms with Crippen LogP contribution in [0.15, 0.2) is 54.6 Å². The number of hydrogen-bond donors (Lipinski definition) is 2. The molecule has 0 aliphatic carbocycles. The molecule has 3 rings (SSSR count). The number of carbonyl (C=O) groups excluding carboxylic acids is 2. The molecule has 3 aromatic rings. The van der Waals surface area contributed by atoms with Crippen molar-refractivity contribution in [1.29, 1.82) is 0 Å². The maximum absolute atomic E-state index is 14.6. The summed E-state index contributed by atoms with van der Waals surface area (Å²) in [5, 5.41) is 4.93. The summed E-state index contributed by atoms with van der Waals surface area (Å²) in [7, 11) is 1.36. The molecule has 0 aliphatic rings. The molecule has 9 heteroatoms. The van der Waals surface area contributed by atoms with Crippen LogP contribution in [0.3, 0.4) is 0 Å². The van der Waals surface area contributed by atoms with Crippen LogP contribution in [0.4, 0.5) is 20.2 Å². The molecule has 0 aliphatic heterocycles. The van der Waals surface area contributed by atoms with Gasteiger partial charge in [-0.25, -0.2) is 8.78 Å². The Morgan fingerprint density at radius 2 is 1.29 bits per heavy atom. The normalized spacial score (nSPS) is 10.4. The molecule has 0 heterocycles. The molecule has 0 saturated heterocycles. The van der Waals surface area contributed by atoms with Gasteiger partial charge in [0.25, 0.3) is 11.8 Å². The maximum atomic E-state index is 14.6. The van der Waals surface area contributed by atoms with Crippen LogP contribution < -0.4 is 24.8 Å². The fraction of sp³-hybridized carbons (Fsp3) is 0.200. The van der Waals surface area contributed by atoms with Crippen LogP contribution in [0.25, 0.3) is 0 Å². The summed E-state index contributed by atoms with van der Waals surface area (Å²) < 4.78 is 44.8. The van der Waals surface area contributed by atoms with E-state index in [1.807, 2.05) is 0 Å². The van der Waals surface area contributed by atoms with E-state index in [2.05, 4.69) is 10.6 Å². The smallest absolute Gasteiger partial charge is 0.259 e. The molecule has 0 atom stereocenters. The fourth-order valence-corrected chi connectivity index (χ4v) is 3.16. The van der Waals surface area contributed by atoms with Gasteiger partial charge in [-0.3, -0.25) is 9.59 Å². The zero-order chi connectivity index (χ0) is 24.7. The van der Waals surface area contributed by atoms with Crippen molar-refractivity contribution in [3.63, 3.8) is 0 Å². The molecular formula is C25H24F2N2O5. The van der Waals surface area contributed by atoms with Gasteiger partial charge in [-0.2, -0.15) is 0 Å². The number of anilines is 2. The van der Waals surface area contributed by atoms with Gasteiger partial charge in [0.1, 0.15) is 5.75 Å². The van der Waals surface area contributed by atoms with E-state index in [4.69, 9.17) is 14.2 Å². The van der Waals surface area contributed by atoms with E-state index in [-0.39, 0.29) is 53.0 Å². The number of hydrogen-bond acceptors (Lipinski definition) is 5. The molecule has 0 fully saturated rings. The number of carbonyl (C=O) groups is 2. The molecule has 2 N–H and O–H groups in total. The average Bonchev–Trinajstić information content (AvgIpc) is 2.84. The van der Waals surface area contributed by atoms with Crippen molar-refractivity contribution in [3.8, 4) is 17.2 Å². The topological polar surface area (TPSA) is 85.9 Å². The van der Waals surface area contributed by atoms with Crippen LogP contribution in [0.1, 0.15) is 34.6 Å². The van der Waals surface area contributed by atoms with Gasteiger partial charge in [0.15, 0.2) is 23.1 Å². The number of halogens is 2. The van der Waals surface area contributed by atoms with E-state index >= 15 is 0 Å².